The lowest BCUT2D eigenvalue weighted by Crippen LogP contribution is -1.96. The van der Waals surface area contributed by atoms with Gasteiger partial charge in [0.2, 0.25) is 0 Å². The molecule has 3 aromatic rings. The molecule has 18 heavy (non-hydrogen) atoms. The van der Waals surface area contributed by atoms with Gasteiger partial charge in [0.25, 0.3) is 0 Å². The molecule has 0 fully saturated rings. The molecule has 90 valence electrons. The Hall–Kier alpha value is -1.87. The molecule has 0 aliphatic rings. The zero-order valence-electron chi connectivity index (χ0n) is 9.97. The number of hydrogen-bond acceptors (Lipinski definition) is 2. The van der Waals surface area contributed by atoms with Crippen LogP contribution in [0.1, 0.15) is 17.0 Å². The van der Waals surface area contributed by atoms with Crippen LogP contribution in [0, 0.1) is 6.92 Å². The van der Waals surface area contributed by atoms with Crippen LogP contribution in [0.2, 0.25) is 5.02 Å². The first-order chi connectivity index (χ1) is 8.74. The molecule has 1 aromatic carbocycles. The van der Waals surface area contributed by atoms with E-state index in [1.807, 2.05) is 53.9 Å². The largest absolute Gasteiger partial charge is 0.286 e. The van der Waals surface area contributed by atoms with E-state index in [2.05, 4.69) is 10.2 Å². The minimum Gasteiger partial charge on any atom is -0.286 e. The maximum absolute atomic E-state index is 5.88. The second kappa shape index (κ2) is 4.42. The lowest BCUT2D eigenvalue weighted by atomic mass is 10.1. The van der Waals surface area contributed by atoms with E-state index in [4.69, 9.17) is 11.6 Å². The molecule has 0 aliphatic heterocycles. The number of nitrogens with zero attached hydrogens (tertiary/aromatic N) is 3. The maximum atomic E-state index is 5.88. The van der Waals surface area contributed by atoms with Crippen LogP contribution in [0.3, 0.4) is 0 Å². The number of pyridine rings is 1. The summed E-state index contributed by atoms with van der Waals surface area (Å²) in [5.74, 6) is 0.941. The first-order valence-corrected chi connectivity index (χ1v) is 6.15. The molecule has 3 nitrogen and oxygen atoms in total. The minimum atomic E-state index is 0.751. The van der Waals surface area contributed by atoms with E-state index < -0.39 is 0 Å². The van der Waals surface area contributed by atoms with Crippen LogP contribution in [-0.2, 0) is 6.42 Å². The topological polar surface area (TPSA) is 30.2 Å². The quantitative estimate of drug-likeness (QED) is 0.705. The van der Waals surface area contributed by atoms with Crippen LogP contribution in [0.15, 0.2) is 42.6 Å². The lowest BCUT2D eigenvalue weighted by molar-refractivity contribution is 0.934. The average molecular weight is 258 g/mol. The van der Waals surface area contributed by atoms with Gasteiger partial charge in [-0.1, -0.05) is 29.8 Å². The molecule has 0 saturated heterocycles. The molecule has 0 N–H and O–H groups in total. The lowest BCUT2D eigenvalue weighted by Gasteiger charge is -2.01. The van der Waals surface area contributed by atoms with Gasteiger partial charge in [-0.15, -0.1) is 10.2 Å². The van der Waals surface area contributed by atoms with Crippen LogP contribution in [0.25, 0.3) is 5.65 Å². The molecule has 0 atom stereocenters. The maximum Gasteiger partial charge on any atom is 0.163 e. The van der Waals surface area contributed by atoms with E-state index >= 15 is 0 Å². The summed E-state index contributed by atoms with van der Waals surface area (Å²) in [7, 11) is 0. The predicted octanol–water partition coefficient (Wildman–Crippen LogP) is 3.28. The monoisotopic (exact) mass is 257 g/mol. The van der Waals surface area contributed by atoms with Crippen molar-refractivity contribution in [1.29, 1.82) is 0 Å². The number of halogens is 1. The fourth-order valence-electron chi connectivity index (χ4n) is 2.00. The smallest absolute Gasteiger partial charge is 0.163 e. The molecule has 0 amide bonds. The molecule has 0 radical (unpaired) electrons. The van der Waals surface area contributed by atoms with Crippen molar-refractivity contribution in [3.8, 4) is 0 Å². The summed E-state index contributed by atoms with van der Waals surface area (Å²) in [6, 6.07) is 11.9. The molecule has 0 saturated carbocycles. The van der Waals surface area contributed by atoms with Crippen molar-refractivity contribution >= 4 is 17.2 Å². The van der Waals surface area contributed by atoms with Gasteiger partial charge < -0.3 is 0 Å². The number of rotatable bonds is 2. The van der Waals surface area contributed by atoms with Crippen LogP contribution in [0.4, 0.5) is 0 Å². The summed E-state index contributed by atoms with van der Waals surface area (Å²) in [4.78, 5) is 0. The van der Waals surface area contributed by atoms with Gasteiger partial charge in [0, 0.05) is 17.6 Å². The first-order valence-electron chi connectivity index (χ1n) is 5.78. The van der Waals surface area contributed by atoms with Crippen LogP contribution < -0.4 is 0 Å². The summed E-state index contributed by atoms with van der Waals surface area (Å²) in [5, 5.41) is 9.22. The summed E-state index contributed by atoms with van der Waals surface area (Å²) < 4.78 is 2.03. The van der Waals surface area contributed by atoms with E-state index in [9.17, 15) is 0 Å². The van der Waals surface area contributed by atoms with Crippen molar-refractivity contribution in [3.05, 3.63) is 64.6 Å². The Morgan fingerprint density at radius 1 is 1.11 bits per heavy atom. The van der Waals surface area contributed by atoms with Crippen molar-refractivity contribution in [1.82, 2.24) is 14.6 Å². The normalized spacial score (nSPS) is 11.0. The van der Waals surface area contributed by atoms with Crippen molar-refractivity contribution in [2.75, 3.05) is 0 Å². The van der Waals surface area contributed by atoms with Crippen molar-refractivity contribution in [3.63, 3.8) is 0 Å². The SMILES string of the molecule is Cc1cccn2c(Cc3ccc(Cl)cc3)nnc12. The van der Waals surface area contributed by atoms with Crippen molar-refractivity contribution in [2.45, 2.75) is 13.3 Å². The Morgan fingerprint density at radius 2 is 1.89 bits per heavy atom. The summed E-state index contributed by atoms with van der Waals surface area (Å²) in [6.45, 7) is 2.04. The first kappa shape index (κ1) is 11.2. The van der Waals surface area contributed by atoms with Gasteiger partial charge in [0.1, 0.15) is 5.82 Å². The number of aromatic nitrogens is 3. The fraction of sp³-hybridized carbons (Fsp3) is 0.143. The number of aryl methyl sites for hydroxylation is 1. The second-order valence-corrected chi connectivity index (χ2v) is 4.74. The Morgan fingerprint density at radius 3 is 2.67 bits per heavy atom. The highest BCUT2D eigenvalue weighted by molar-refractivity contribution is 6.30. The molecular weight excluding hydrogens is 246 g/mol. The Balaban J connectivity index is 2.00. The third-order valence-electron chi connectivity index (χ3n) is 2.98. The van der Waals surface area contributed by atoms with Gasteiger partial charge in [-0.3, -0.25) is 4.40 Å². The van der Waals surface area contributed by atoms with Crippen molar-refractivity contribution < 1.29 is 0 Å². The van der Waals surface area contributed by atoms with E-state index in [1.165, 1.54) is 5.56 Å². The average Bonchev–Trinajstić information content (AvgIpc) is 2.77. The molecule has 2 heterocycles. The number of hydrogen-bond donors (Lipinski definition) is 0. The highest BCUT2D eigenvalue weighted by atomic mass is 35.5. The highest BCUT2D eigenvalue weighted by Crippen LogP contribution is 2.14. The Kier molecular flexibility index (Phi) is 2.76. The van der Waals surface area contributed by atoms with Crippen LogP contribution >= 0.6 is 11.6 Å². The molecule has 0 unspecified atom stereocenters. The molecule has 0 bridgehead atoms. The van der Waals surface area contributed by atoms with Crippen molar-refractivity contribution in [2.24, 2.45) is 0 Å². The van der Waals surface area contributed by atoms with Gasteiger partial charge in [-0.25, -0.2) is 0 Å². The summed E-state index contributed by atoms with van der Waals surface area (Å²) in [5.41, 5.74) is 3.23. The van der Waals surface area contributed by atoms with E-state index in [-0.39, 0.29) is 0 Å². The number of benzene rings is 1. The predicted molar refractivity (Wildman–Crippen MR) is 72.0 cm³/mol. The van der Waals surface area contributed by atoms with E-state index in [1.54, 1.807) is 0 Å². The van der Waals surface area contributed by atoms with Gasteiger partial charge >= 0.3 is 0 Å². The summed E-state index contributed by atoms with van der Waals surface area (Å²) >= 11 is 5.88. The molecule has 0 spiro atoms. The molecular formula is C14H12ClN3. The van der Waals surface area contributed by atoms with E-state index in [0.717, 1.165) is 28.5 Å². The zero-order chi connectivity index (χ0) is 12.5. The third kappa shape index (κ3) is 1.97. The number of fused-ring (bicyclic) bond motifs is 1. The van der Waals surface area contributed by atoms with Gasteiger partial charge in [-0.05, 0) is 36.2 Å². The minimum absolute atomic E-state index is 0.751. The summed E-state index contributed by atoms with van der Waals surface area (Å²) in [6.07, 6.45) is 2.75. The highest BCUT2D eigenvalue weighted by Gasteiger charge is 2.07. The van der Waals surface area contributed by atoms with Gasteiger partial charge in [0.15, 0.2) is 5.65 Å². The Labute approximate surface area is 110 Å². The molecule has 3 rings (SSSR count). The molecule has 2 aromatic heterocycles. The van der Waals surface area contributed by atoms with E-state index in [0.29, 0.717) is 0 Å². The van der Waals surface area contributed by atoms with Gasteiger partial charge in [-0.2, -0.15) is 0 Å². The molecule has 4 heteroatoms. The second-order valence-electron chi connectivity index (χ2n) is 4.30. The van der Waals surface area contributed by atoms with Gasteiger partial charge in [0.05, 0.1) is 0 Å². The molecule has 0 aliphatic carbocycles. The Bertz CT molecular complexity index is 686. The zero-order valence-corrected chi connectivity index (χ0v) is 10.7. The van der Waals surface area contributed by atoms with Crippen LogP contribution in [-0.4, -0.2) is 14.6 Å². The van der Waals surface area contributed by atoms with Crippen LogP contribution in [0.5, 0.6) is 0 Å². The fourth-order valence-corrected chi connectivity index (χ4v) is 2.13. The standard InChI is InChI=1S/C14H12ClN3/c1-10-3-2-8-18-13(16-17-14(10)18)9-11-4-6-12(15)7-5-11/h2-8H,9H2,1H3. The third-order valence-corrected chi connectivity index (χ3v) is 3.23.